The van der Waals surface area contributed by atoms with E-state index in [-0.39, 0.29) is 0 Å². The number of aromatic nitrogens is 3. The Hall–Kier alpha value is -1.96. The van der Waals surface area contributed by atoms with Gasteiger partial charge in [-0.1, -0.05) is 54.2 Å². The fraction of sp³-hybridized carbons (Fsp3) is 0.389. The van der Waals surface area contributed by atoms with Crippen molar-refractivity contribution in [2.24, 2.45) is 0 Å². The standard InChI is InChI=1S/C18H24N6S/c1-25-18-21-16(20-17(19)22-18)14-24-12-10-23(11-13-24)9-5-8-15-6-3-2-4-7-15/h2-8H,9-14H2,1H3,(H2,19,20,21,22). The van der Waals surface area contributed by atoms with Crippen molar-refractivity contribution in [2.75, 3.05) is 44.7 Å². The summed E-state index contributed by atoms with van der Waals surface area (Å²) in [6.07, 6.45) is 6.37. The smallest absolute Gasteiger partial charge is 0.224 e. The second kappa shape index (κ2) is 8.94. The number of nitrogens with two attached hydrogens (primary N) is 1. The minimum atomic E-state index is 0.305. The third-order valence-electron chi connectivity index (χ3n) is 4.16. The van der Waals surface area contributed by atoms with E-state index in [0.717, 1.165) is 45.1 Å². The monoisotopic (exact) mass is 356 g/mol. The molecule has 2 N–H and O–H groups in total. The van der Waals surface area contributed by atoms with E-state index in [4.69, 9.17) is 5.73 Å². The second-order valence-corrected chi connectivity index (χ2v) is 6.76. The van der Waals surface area contributed by atoms with Crippen molar-refractivity contribution >= 4 is 23.8 Å². The van der Waals surface area contributed by atoms with Gasteiger partial charge < -0.3 is 5.73 Å². The number of hydrogen-bond acceptors (Lipinski definition) is 7. The van der Waals surface area contributed by atoms with E-state index in [2.05, 4.69) is 61.2 Å². The molecule has 3 rings (SSSR count). The summed E-state index contributed by atoms with van der Waals surface area (Å²) < 4.78 is 0. The van der Waals surface area contributed by atoms with Crippen LogP contribution in [0.3, 0.4) is 0 Å². The Morgan fingerprint density at radius 1 is 1.04 bits per heavy atom. The first-order chi connectivity index (χ1) is 12.2. The molecule has 0 amide bonds. The van der Waals surface area contributed by atoms with E-state index in [1.807, 2.05) is 12.3 Å². The highest BCUT2D eigenvalue weighted by molar-refractivity contribution is 7.98. The highest BCUT2D eigenvalue weighted by atomic mass is 32.2. The molecule has 1 aromatic heterocycles. The summed E-state index contributed by atoms with van der Waals surface area (Å²) in [6.45, 7) is 5.84. The number of thioether (sulfide) groups is 1. The van der Waals surface area contributed by atoms with Crippen molar-refractivity contribution in [2.45, 2.75) is 11.7 Å². The van der Waals surface area contributed by atoms with Crippen molar-refractivity contribution in [3.63, 3.8) is 0 Å². The van der Waals surface area contributed by atoms with Crippen LogP contribution in [-0.4, -0.2) is 63.7 Å². The Balaban J connectivity index is 1.46. The molecule has 1 aliphatic heterocycles. The van der Waals surface area contributed by atoms with E-state index in [9.17, 15) is 0 Å². The lowest BCUT2D eigenvalue weighted by Gasteiger charge is -2.33. The number of piperazine rings is 1. The van der Waals surface area contributed by atoms with Crippen molar-refractivity contribution in [1.82, 2.24) is 24.8 Å². The number of hydrogen-bond donors (Lipinski definition) is 1. The van der Waals surface area contributed by atoms with E-state index < -0.39 is 0 Å². The lowest BCUT2D eigenvalue weighted by Crippen LogP contribution is -2.46. The molecule has 1 saturated heterocycles. The Morgan fingerprint density at radius 3 is 2.48 bits per heavy atom. The topological polar surface area (TPSA) is 71.2 Å². The third-order valence-corrected chi connectivity index (χ3v) is 4.71. The van der Waals surface area contributed by atoms with Crippen LogP contribution in [0.15, 0.2) is 41.6 Å². The zero-order valence-electron chi connectivity index (χ0n) is 14.5. The van der Waals surface area contributed by atoms with Crippen molar-refractivity contribution in [3.8, 4) is 0 Å². The molecule has 7 heteroatoms. The summed E-state index contributed by atoms with van der Waals surface area (Å²) >= 11 is 1.49. The molecule has 1 aromatic carbocycles. The molecule has 0 bridgehead atoms. The zero-order chi connectivity index (χ0) is 17.5. The van der Waals surface area contributed by atoms with Gasteiger partial charge >= 0.3 is 0 Å². The first-order valence-corrected chi connectivity index (χ1v) is 9.66. The Bertz CT molecular complexity index is 698. The summed E-state index contributed by atoms with van der Waals surface area (Å²) in [7, 11) is 0. The van der Waals surface area contributed by atoms with Crippen molar-refractivity contribution < 1.29 is 0 Å². The molecule has 0 unspecified atom stereocenters. The van der Waals surface area contributed by atoms with Gasteiger partial charge in [0.2, 0.25) is 5.95 Å². The molecule has 2 aromatic rings. The van der Waals surface area contributed by atoms with Crippen LogP contribution in [0.25, 0.3) is 6.08 Å². The molecular formula is C18H24N6S. The second-order valence-electron chi connectivity index (χ2n) is 5.99. The number of nitrogen functional groups attached to an aromatic ring is 1. The lowest BCUT2D eigenvalue weighted by atomic mass is 10.2. The maximum atomic E-state index is 5.76. The summed E-state index contributed by atoms with van der Waals surface area (Å²) in [5.74, 6) is 1.06. The van der Waals surface area contributed by atoms with Gasteiger partial charge in [-0.05, 0) is 11.8 Å². The Morgan fingerprint density at radius 2 is 1.76 bits per heavy atom. The van der Waals surface area contributed by atoms with E-state index >= 15 is 0 Å². The summed E-state index contributed by atoms with van der Waals surface area (Å²) in [6, 6.07) is 10.4. The summed E-state index contributed by atoms with van der Waals surface area (Å²) in [5.41, 5.74) is 7.00. The van der Waals surface area contributed by atoms with Crippen LogP contribution in [0.4, 0.5) is 5.95 Å². The van der Waals surface area contributed by atoms with Crippen molar-refractivity contribution in [1.29, 1.82) is 0 Å². The average molecular weight is 356 g/mol. The maximum absolute atomic E-state index is 5.76. The molecule has 0 aliphatic carbocycles. The van der Waals surface area contributed by atoms with Crippen LogP contribution in [-0.2, 0) is 6.54 Å². The van der Waals surface area contributed by atoms with Crippen LogP contribution in [0.5, 0.6) is 0 Å². The quantitative estimate of drug-likeness (QED) is 0.794. The minimum absolute atomic E-state index is 0.305. The van der Waals surface area contributed by atoms with Crippen molar-refractivity contribution in [3.05, 3.63) is 47.8 Å². The molecule has 132 valence electrons. The molecular weight excluding hydrogens is 332 g/mol. The Labute approximate surface area is 153 Å². The molecule has 0 spiro atoms. The highest BCUT2D eigenvalue weighted by Gasteiger charge is 2.17. The van der Waals surface area contributed by atoms with Gasteiger partial charge in [-0.25, -0.2) is 4.98 Å². The van der Waals surface area contributed by atoms with Gasteiger partial charge in [-0.15, -0.1) is 0 Å². The fourth-order valence-corrected chi connectivity index (χ4v) is 3.19. The van der Waals surface area contributed by atoms with Gasteiger partial charge in [0, 0.05) is 32.7 Å². The minimum Gasteiger partial charge on any atom is -0.368 e. The number of nitrogens with zero attached hydrogens (tertiary/aromatic N) is 5. The predicted molar refractivity (Wildman–Crippen MR) is 103 cm³/mol. The number of rotatable bonds is 6. The summed E-state index contributed by atoms with van der Waals surface area (Å²) in [4.78, 5) is 17.6. The Kier molecular flexibility index (Phi) is 6.38. The highest BCUT2D eigenvalue weighted by Crippen LogP contribution is 2.12. The predicted octanol–water partition coefficient (Wildman–Crippen LogP) is 2.01. The lowest BCUT2D eigenvalue weighted by molar-refractivity contribution is 0.134. The molecule has 6 nitrogen and oxygen atoms in total. The normalized spacial score (nSPS) is 16.5. The van der Waals surface area contributed by atoms with Gasteiger partial charge in [0.05, 0.1) is 6.54 Å². The third kappa shape index (κ3) is 5.52. The number of benzene rings is 1. The van der Waals surface area contributed by atoms with E-state index in [1.54, 1.807) is 0 Å². The maximum Gasteiger partial charge on any atom is 0.224 e. The van der Waals surface area contributed by atoms with Gasteiger partial charge in [0.25, 0.3) is 0 Å². The molecule has 1 fully saturated rings. The molecule has 0 saturated carbocycles. The molecule has 0 radical (unpaired) electrons. The SMILES string of the molecule is CSc1nc(N)nc(CN2CCN(CC=Cc3ccccc3)CC2)n1. The molecule has 25 heavy (non-hydrogen) atoms. The average Bonchev–Trinajstić information content (AvgIpc) is 2.63. The van der Waals surface area contributed by atoms with Crippen LogP contribution in [0, 0.1) is 0 Å². The van der Waals surface area contributed by atoms with Crippen LogP contribution >= 0.6 is 11.8 Å². The zero-order valence-corrected chi connectivity index (χ0v) is 15.3. The molecule has 2 heterocycles. The first-order valence-electron chi connectivity index (χ1n) is 8.43. The van der Waals surface area contributed by atoms with E-state index in [0.29, 0.717) is 11.1 Å². The van der Waals surface area contributed by atoms with Crippen LogP contribution in [0.1, 0.15) is 11.4 Å². The summed E-state index contributed by atoms with van der Waals surface area (Å²) in [5, 5.41) is 0.687. The van der Waals surface area contributed by atoms with Gasteiger partial charge in [-0.3, -0.25) is 9.80 Å². The van der Waals surface area contributed by atoms with Gasteiger partial charge in [0.1, 0.15) is 5.82 Å². The van der Waals surface area contributed by atoms with Gasteiger partial charge in [-0.2, -0.15) is 9.97 Å². The van der Waals surface area contributed by atoms with Crippen LogP contribution in [0.2, 0.25) is 0 Å². The first kappa shape index (κ1) is 17.8. The molecule has 0 atom stereocenters. The van der Waals surface area contributed by atoms with Gasteiger partial charge in [0.15, 0.2) is 5.16 Å². The number of anilines is 1. The largest absolute Gasteiger partial charge is 0.368 e. The van der Waals surface area contributed by atoms with Crippen LogP contribution < -0.4 is 5.73 Å². The van der Waals surface area contributed by atoms with E-state index in [1.165, 1.54) is 17.3 Å². The molecule has 1 aliphatic rings. The fourth-order valence-electron chi connectivity index (χ4n) is 2.81.